The minimum absolute atomic E-state index is 0.0104. The van der Waals surface area contributed by atoms with Crippen LogP contribution in [0.15, 0.2) is 30.3 Å². The summed E-state index contributed by atoms with van der Waals surface area (Å²) >= 11 is 0. The van der Waals surface area contributed by atoms with E-state index in [2.05, 4.69) is 13.8 Å². The highest BCUT2D eigenvalue weighted by Gasteiger charge is 2.19. The maximum Gasteiger partial charge on any atom is 0.309 e. The van der Waals surface area contributed by atoms with Crippen molar-refractivity contribution in [1.29, 1.82) is 0 Å². The van der Waals surface area contributed by atoms with Crippen LogP contribution in [0.25, 0.3) is 0 Å². The molecule has 2 nitrogen and oxygen atoms in total. The number of ether oxygens (including phenoxy) is 1. The van der Waals surface area contributed by atoms with E-state index in [1.807, 2.05) is 30.3 Å². The fourth-order valence-electron chi connectivity index (χ4n) is 2.49. The van der Waals surface area contributed by atoms with E-state index in [4.69, 9.17) is 4.74 Å². The summed E-state index contributed by atoms with van der Waals surface area (Å²) < 4.78 is 5.51. The third-order valence-corrected chi connectivity index (χ3v) is 3.87. The van der Waals surface area contributed by atoms with Crippen molar-refractivity contribution >= 4 is 5.97 Å². The van der Waals surface area contributed by atoms with Crippen LogP contribution in [-0.2, 0) is 16.1 Å². The summed E-state index contributed by atoms with van der Waals surface area (Å²) in [4.78, 5) is 12.3. The third-order valence-electron chi connectivity index (χ3n) is 3.87. The van der Waals surface area contributed by atoms with Crippen molar-refractivity contribution in [3.8, 4) is 0 Å². The molecule has 0 saturated carbocycles. The summed E-state index contributed by atoms with van der Waals surface area (Å²) in [5.41, 5.74) is 1.06. The molecule has 1 unspecified atom stereocenters. The number of esters is 1. The maximum absolute atomic E-state index is 12.3. The molecule has 0 aliphatic heterocycles. The van der Waals surface area contributed by atoms with Crippen molar-refractivity contribution in [3.05, 3.63) is 35.9 Å². The van der Waals surface area contributed by atoms with Gasteiger partial charge in [0, 0.05) is 0 Å². The minimum Gasteiger partial charge on any atom is -0.461 e. The van der Waals surface area contributed by atoms with Gasteiger partial charge in [0.15, 0.2) is 0 Å². The monoisotopic (exact) mass is 290 g/mol. The highest BCUT2D eigenvalue weighted by atomic mass is 16.5. The van der Waals surface area contributed by atoms with Crippen LogP contribution in [0.3, 0.4) is 0 Å². The lowest BCUT2D eigenvalue weighted by atomic mass is 9.95. The fraction of sp³-hybridized carbons (Fsp3) is 0.632. The van der Waals surface area contributed by atoms with Crippen LogP contribution < -0.4 is 0 Å². The average molecular weight is 290 g/mol. The van der Waals surface area contributed by atoms with E-state index in [0.29, 0.717) is 6.61 Å². The second-order valence-corrected chi connectivity index (χ2v) is 5.78. The Labute approximate surface area is 129 Å². The molecule has 1 aromatic rings. The Hall–Kier alpha value is -1.31. The molecule has 0 N–H and O–H groups in total. The molecule has 1 atom stereocenters. The Morgan fingerprint density at radius 1 is 0.952 bits per heavy atom. The molecule has 0 aliphatic rings. The van der Waals surface area contributed by atoms with E-state index >= 15 is 0 Å². The number of carbonyl (C=O) groups is 1. The number of hydrogen-bond donors (Lipinski definition) is 0. The summed E-state index contributed by atoms with van der Waals surface area (Å²) in [6, 6.07) is 9.92. The Balaban J connectivity index is 2.38. The number of hydrogen-bond acceptors (Lipinski definition) is 2. The van der Waals surface area contributed by atoms with Crippen molar-refractivity contribution in [2.24, 2.45) is 5.92 Å². The number of carbonyl (C=O) groups excluding carboxylic acids is 1. The van der Waals surface area contributed by atoms with E-state index in [-0.39, 0.29) is 11.9 Å². The van der Waals surface area contributed by atoms with Gasteiger partial charge in [-0.15, -0.1) is 0 Å². The normalized spacial score (nSPS) is 12.1. The first-order valence-electron chi connectivity index (χ1n) is 8.48. The second kappa shape index (κ2) is 11.4. The first-order chi connectivity index (χ1) is 10.3. The van der Waals surface area contributed by atoms with Gasteiger partial charge < -0.3 is 4.74 Å². The van der Waals surface area contributed by atoms with Gasteiger partial charge >= 0.3 is 5.97 Å². The van der Waals surface area contributed by atoms with Gasteiger partial charge in [0.25, 0.3) is 0 Å². The summed E-state index contributed by atoms with van der Waals surface area (Å²) in [5.74, 6) is 0.0781. The van der Waals surface area contributed by atoms with E-state index in [1.54, 1.807) is 0 Å². The molecule has 0 fully saturated rings. The predicted octanol–water partition coefficient (Wildman–Crippen LogP) is 5.51. The SMILES string of the molecule is CCCCCCC(CCCC)C(=O)OCc1ccccc1. The molecule has 0 amide bonds. The van der Waals surface area contributed by atoms with Crippen molar-refractivity contribution in [2.45, 2.75) is 71.8 Å². The molecule has 2 heteroatoms. The van der Waals surface area contributed by atoms with Crippen molar-refractivity contribution < 1.29 is 9.53 Å². The second-order valence-electron chi connectivity index (χ2n) is 5.78. The zero-order valence-electron chi connectivity index (χ0n) is 13.6. The molecule has 0 heterocycles. The predicted molar refractivity (Wildman–Crippen MR) is 88.0 cm³/mol. The molecule has 21 heavy (non-hydrogen) atoms. The largest absolute Gasteiger partial charge is 0.461 e. The lowest BCUT2D eigenvalue weighted by Gasteiger charge is -2.15. The average Bonchev–Trinajstić information content (AvgIpc) is 2.53. The highest BCUT2D eigenvalue weighted by molar-refractivity contribution is 5.72. The highest BCUT2D eigenvalue weighted by Crippen LogP contribution is 2.19. The van der Waals surface area contributed by atoms with Crippen molar-refractivity contribution in [2.75, 3.05) is 0 Å². The quantitative estimate of drug-likeness (QED) is 0.397. The fourth-order valence-corrected chi connectivity index (χ4v) is 2.49. The molecule has 0 radical (unpaired) electrons. The molecule has 0 saturated heterocycles. The van der Waals surface area contributed by atoms with E-state index in [0.717, 1.165) is 37.7 Å². The minimum atomic E-state index is -0.0104. The topological polar surface area (TPSA) is 26.3 Å². The standard InChI is InChI=1S/C19H30O2/c1-3-5-7-11-15-18(14-6-4-2)19(20)21-16-17-12-9-8-10-13-17/h8-10,12-13,18H,3-7,11,14-16H2,1-2H3. The Kier molecular flexibility index (Phi) is 9.60. The van der Waals surface area contributed by atoms with Gasteiger partial charge in [0.05, 0.1) is 5.92 Å². The van der Waals surface area contributed by atoms with Crippen molar-refractivity contribution in [3.63, 3.8) is 0 Å². The van der Waals surface area contributed by atoms with E-state index in [1.165, 1.54) is 19.3 Å². The molecule has 0 aliphatic carbocycles. The molecule has 0 bridgehead atoms. The van der Waals surface area contributed by atoms with Gasteiger partial charge in [-0.05, 0) is 18.4 Å². The third kappa shape index (κ3) is 7.89. The van der Waals surface area contributed by atoms with Crippen LogP contribution in [0.2, 0.25) is 0 Å². The Bertz CT molecular complexity index is 372. The Morgan fingerprint density at radius 3 is 2.29 bits per heavy atom. The van der Waals surface area contributed by atoms with Crippen LogP contribution in [0.5, 0.6) is 0 Å². The first kappa shape index (κ1) is 17.7. The maximum atomic E-state index is 12.3. The van der Waals surface area contributed by atoms with Gasteiger partial charge in [-0.2, -0.15) is 0 Å². The lowest BCUT2D eigenvalue weighted by molar-refractivity contribution is -0.150. The van der Waals surface area contributed by atoms with Crippen LogP contribution in [0, 0.1) is 5.92 Å². The number of rotatable bonds is 11. The van der Waals surface area contributed by atoms with E-state index < -0.39 is 0 Å². The van der Waals surface area contributed by atoms with Crippen LogP contribution >= 0.6 is 0 Å². The zero-order chi connectivity index (χ0) is 15.3. The van der Waals surface area contributed by atoms with Gasteiger partial charge in [0.2, 0.25) is 0 Å². The molecule has 118 valence electrons. The van der Waals surface area contributed by atoms with Crippen molar-refractivity contribution in [1.82, 2.24) is 0 Å². The summed E-state index contributed by atoms with van der Waals surface area (Å²) in [7, 11) is 0. The van der Waals surface area contributed by atoms with Gasteiger partial charge in [-0.3, -0.25) is 4.79 Å². The molecular formula is C19H30O2. The molecule has 0 aromatic heterocycles. The number of unbranched alkanes of at least 4 members (excludes halogenated alkanes) is 4. The van der Waals surface area contributed by atoms with Gasteiger partial charge in [-0.25, -0.2) is 0 Å². The Morgan fingerprint density at radius 2 is 1.62 bits per heavy atom. The number of benzene rings is 1. The zero-order valence-corrected chi connectivity index (χ0v) is 13.6. The van der Waals surface area contributed by atoms with Gasteiger partial charge in [-0.1, -0.05) is 82.7 Å². The summed E-state index contributed by atoms with van der Waals surface area (Å²) in [5, 5.41) is 0. The smallest absolute Gasteiger partial charge is 0.309 e. The molecular weight excluding hydrogens is 260 g/mol. The van der Waals surface area contributed by atoms with Crippen LogP contribution in [0.4, 0.5) is 0 Å². The first-order valence-corrected chi connectivity index (χ1v) is 8.48. The van der Waals surface area contributed by atoms with Crippen LogP contribution in [-0.4, -0.2) is 5.97 Å². The molecule has 1 rings (SSSR count). The van der Waals surface area contributed by atoms with Crippen LogP contribution in [0.1, 0.15) is 70.8 Å². The molecule has 0 spiro atoms. The molecule has 1 aromatic carbocycles. The van der Waals surface area contributed by atoms with E-state index in [9.17, 15) is 4.79 Å². The van der Waals surface area contributed by atoms with Gasteiger partial charge in [0.1, 0.15) is 6.61 Å². The summed E-state index contributed by atoms with van der Waals surface area (Å²) in [6.45, 7) is 4.78. The summed E-state index contributed by atoms with van der Waals surface area (Å²) in [6.07, 6.45) is 9.06. The lowest BCUT2D eigenvalue weighted by Crippen LogP contribution is -2.18.